The molecule has 8 heteroatoms. The van der Waals surface area contributed by atoms with Crippen molar-refractivity contribution in [2.24, 2.45) is 0 Å². The summed E-state index contributed by atoms with van der Waals surface area (Å²) in [5.74, 6) is -1.86. The predicted octanol–water partition coefficient (Wildman–Crippen LogP) is 3.83. The fraction of sp³-hybridized carbons (Fsp3) is 0.136. The van der Waals surface area contributed by atoms with Gasteiger partial charge in [-0.3, -0.25) is 9.59 Å². The largest absolute Gasteiger partial charge is 0.463 e. The molecule has 0 bridgehead atoms. The molecule has 0 saturated heterocycles. The second-order valence-electron chi connectivity index (χ2n) is 6.35. The monoisotopic (exact) mass is 428 g/mol. The number of fused-ring (bicyclic) bond motifs is 1. The van der Waals surface area contributed by atoms with Gasteiger partial charge in [0.25, 0.3) is 5.91 Å². The van der Waals surface area contributed by atoms with Gasteiger partial charge in [0.15, 0.2) is 0 Å². The predicted molar refractivity (Wildman–Crippen MR) is 113 cm³/mol. The Hall–Kier alpha value is -3.45. The number of benzene rings is 2. The summed E-state index contributed by atoms with van der Waals surface area (Å²) < 4.78 is 19.2. The molecule has 0 unspecified atom stereocenters. The summed E-state index contributed by atoms with van der Waals surface area (Å²) in [4.78, 5) is 39.4. The average Bonchev–Trinajstić information content (AvgIpc) is 2.72. The highest BCUT2D eigenvalue weighted by molar-refractivity contribution is 6.30. The first-order chi connectivity index (χ1) is 14.4. The maximum atomic E-state index is 14.4. The Kier molecular flexibility index (Phi) is 6.64. The molecule has 1 heterocycles. The van der Waals surface area contributed by atoms with Crippen molar-refractivity contribution in [3.05, 3.63) is 86.4 Å². The number of esters is 1. The molecule has 0 atom stereocenters. The van der Waals surface area contributed by atoms with Crippen LogP contribution in [0.25, 0.3) is 17.0 Å². The Balaban J connectivity index is 1.88. The fourth-order valence-electron chi connectivity index (χ4n) is 2.81. The Morgan fingerprint density at radius 2 is 1.97 bits per heavy atom. The van der Waals surface area contributed by atoms with Gasteiger partial charge in [0.2, 0.25) is 5.43 Å². The number of nitrogens with one attached hydrogen (secondary N) is 2. The number of halogens is 2. The quantitative estimate of drug-likeness (QED) is 0.461. The number of aromatic nitrogens is 1. The highest BCUT2D eigenvalue weighted by Gasteiger charge is 2.15. The number of ether oxygens (including phenoxy) is 1. The molecule has 154 valence electrons. The van der Waals surface area contributed by atoms with Crippen LogP contribution in [0.4, 0.5) is 4.39 Å². The molecule has 3 rings (SSSR count). The zero-order chi connectivity index (χ0) is 21.7. The van der Waals surface area contributed by atoms with E-state index in [1.165, 1.54) is 24.4 Å². The molecule has 6 nitrogen and oxygen atoms in total. The zero-order valence-corrected chi connectivity index (χ0v) is 16.8. The van der Waals surface area contributed by atoms with E-state index >= 15 is 0 Å². The first-order valence-corrected chi connectivity index (χ1v) is 9.49. The Labute approximate surface area is 176 Å². The molecule has 0 saturated carbocycles. The van der Waals surface area contributed by atoms with Crippen LogP contribution in [0.2, 0.25) is 5.02 Å². The molecular weight excluding hydrogens is 411 g/mol. The van der Waals surface area contributed by atoms with Gasteiger partial charge < -0.3 is 15.0 Å². The third-order valence-corrected chi connectivity index (χ3v) is 4.52. The van der Waals surface area contributed by atoms with Crippen molar-refractivity contribution in [1.29, 1.82) is 0 Å². The van der Waals surface area contributed by atoms with Crippen LogP contribution in [0.5, 0.6) is 0 Å². The number of carbonyl (C=O) groups is 2. The van der Waals surface area contributed by atoms with Crippen molar-refractivity contribution in [1.82, 2.24) is 10.3 Å². The van der Waals surface area contributed by atoms with Crippen molar-refractivity contribution < 1.29 is 18.7 Å². The standard InChI is InChI=1S/C22H18ClFN2O4/c1-2-30-19(27)8-5-14-9-16-20(18(24)10-14)25-12-17(21(16)28)22(29)26-11-13-3-6-15(23)7-4-13/h3-10,12H,2,11H2,1H3,(H,25,28)(H,26,29). The Morgan fingerprint density at radius 3 is 2.67 bits per heavy atom. The summed E-state index contributed by atoms with van der Waals surface area (Å²) in [5.41, 5.74) is 0.298. The summed E-state index contributed by atoms with van der Waals surface area (Å²) >= 11 is 5.83. The maximum Gasteiger partial charge on any atom is 0.330 e. The first-order valence-electron chi connectivity index (χ1n) is 9.11. The van der Waals surface area contributed by atoms with Crippen LogP contribution in [-0.2, 0) is 16.1 Å². The van der Waals surface area contributed by atoms with E-state index < -0.39 is 23.1 Å². The van der Waals surface area contributed by atoms with Gasteiger partial charge in [-0.2, -0.15) is 0 Å². The summed E-state index contributed by atoms with van der Waals surface area (Å²) in [7, 11) is 0. The normalized spacial score (nSPS) is 11.0. The van der Waals surface area contributed by atoms with Crippen LogP contribution in [0, 0.1) is 5.82 Å². The SMILES string of the molecule is CCOC(=O)C=Cc1cc(F)c2[nH]cc(C(=O)NCc3ccc(Cl)cc3)c(=O)c2c1. The van der Waals surface area contributed by atoms with Gasteiger partial charge in [-0.05, 0) is 48.4 Å². The van der Waals surface area contributed by atoms with Crippen molar-refractivity contribution in [3.63, 3.8) is 0 Å². The summed E-state index contributed by atoms with van der Waals surface area (Å²) in [6.07, 6.45) is 3.66. The van der Waals surface area contributed by atoms with Crippen LogP contribution < -0.4 is 10.7 Å². The smallest absolute Gasteiger partial charge is 0.330 e. The summed E-state index contributed by atoms with van der Waals surface area (Å²) in [5, 5.41) is 3.23. The van der Waals surface area contributed by atoms with Gasteiger partial charge in [0.1, 0.15) is 11.4 Å². The van der Waals surface area contributed by atoms with Crippen LogP contribution in [0.1, 0.15) is 28.4 Å². The lowest BCUT2D eigenvalue weighted by atomic mass is 10.1. The molecule has 30 heavy (non-hydrogen) atoms. The highest BCUT2D eigenvalue weighted by Crippen LogP contribution is 2.17. The van der Waals surface area contributed by atoms with Gasteiger partial charge >= 0.3 is 5.97 Å². The van der Waals surface area contributed by atoms with E-state index in [9.17, 15) is 18.8 Å². The summed E-state index contributed by atoms with van der Waals surface area (Å²) in [6, 6.07) is 9.48. The van der Waals surface area contributed by atoms with E-state index in [2.05, 4.69) is 10.3 Å². The number of amides is 1. The van der Waals surface area contributed by atoms with E-state index in [4.69, 9.17) is 16.3 Å². The molecular formula is C22H18ClFN2O4. The van der Waals surface area contributed by atoms with Crippen LogP contribution in [0.15, 0.2) is 53.5 Å². The van der Waals surface area contributed by atoms with Gasteiger partial charge in [-0.25, -0.2) is 9.18 Å². The molecule has 0 aliphatic rings. The molecule has 1 aromatic heterocycles. The molecule has 0 fully saturated rings. The van der Waals surface area contributed by atoms with Crippen molar-refractivity contribution in [2.75, 3.05) is 6.61 Å². The van der Waals surface area contributed by atoms with Gasteiger partial charge in [-0.1, -0.05) is 23.7 Å². The van der Waals surface area contributed by atoms with Crippen LogP contribution >= 0.6 is 11.6 Å². The van der Waals surface area contributed by atoms with Crippen LogP contribution in [-0.4, -0.2) is 23.5 Å². The van der Waals surface area contributed by atoms with E-state index in [0.717, 1.165) is 11.6 Å². The minimum atomic E-state index is -0.679. The molecule has 3 aromatic rings. The number of H-pyrrole nitrogens is 1. The third-order valence-electron chi connectivity index (χ3n) is 4.27. The molecule has 0 aliphatic heterocycles. The third kappa shape index (κ3) is 4.93. The minimum Gasteiger partial charge on any atom is -0.463 e. The average molecular weight is 429 g/mol. The highest BCUT2D eigenvalue weighted by atomic mass is 35.5. The van der Waals surface area contributed by atoms with E-state index in [1.807, 2.05) is 0 Å². The lowest BCUT2D eigenvalue weighted by Crippen LogP contribution is -2.28. The van der Waals surface area contributed by atoms with E-state index in [1.54, 1.807) is 31.2 Å². The number of rotatable bonds is 6. The second kappa shape index (κ2) is 9.37. The fourth-order valence-corrected chi connectivity index (χ4v) is 2.93. The van der Waals surface area contributed by atoms with E-state index in [-0.39, 0.29) is 35.2 Å². The number of aromatic amines is 1. The number of pyridine rings is 1. The molecule has 2 aromatic carbocycles. The maximum absolute atomic E-state index is 14.4. The second-order valence-corrected chi connectivity index (χ2v) is 6.79. The van der Waals surface area contributed by atoms with Gasteiger partial charge in [-0.15, -0.1) is 0 Å². The number of hydrogen-bond donors (Lipinski definition) is 2. The Morgan fingerprint density at radius 1 is 1.23 bits per heavy atom. The number of hydrogen-bond acceptors (Lipinski definition) is 4. The Bertz CT molecular complexity index is 1190. The lowest BCUT2D eigenvalue weighted by Gasteiger charge is -2.07. The molecule has 0 spiro atoms. The number of carbonyl (C=O) groups excluding carboxylic acids is 2. The van der Waals surface area contributed by atoms with Crippen molar-refractivity contribution in [3.8, 4) is 0 Å². The topological polar surface area (TPSA) is 88.3 Å². The summed E-state index contributed by atoms with van der Waals surface area (Å²) in [6.45, 7) is 2.08. The lowest BCUT2D eigenvalue weighted by molar-refractivity contribution is -0.137. The molecule has 0 radical (unpaired) electrons. The van der Waals surface area contributed by atoms with E-state index in [0.29, 0.717) is 5.02 Å². The van der Waals surface area contributed by atoms with Gasteiger partial charge in [0.05, 0.1) is 12.1 Å². The molecule has 2 N–H and O–H groups in total. The zero-order valence-electron chi connectivity index (χ0n) is 16.0. The minimum absolute atomic E-state index is 0.00217. The van der Waals surface area contributed by atoms with Crippen molar-refractivity contribution in [2.45, 2.75) is 13.5 Å². The van der Waals surface area contributed by atoms with Crippen molar-refractivity contribution >= 4 is 40.5 Å². The van der Waals surface area contributed by atoms with Crippen LogP contribution in [0.3, 0.4) is 0 Å². The molecule has 0 aliphatic carbocycles. The van der Waals surface area contributed by atoms with Gasteiger partial charge in [0, 0.05) is 29.2 Å². The first kappa shape index (κ1) is 21.3. The molecule has 1 amide bonds.